The molecule has 4 heteroatoms. The predicted molar refractivity (Wildman–Crippen MR) is 15.1 cm³/mol. The van der Waals surface area contributed by atoms with E-state index in [9.17, 15) is 0 Å². The molecule has 0 radical (unpaired) electrons. The zero-order valence-electron chi connectivity index (χ0n) is 4.02. The van der Waals surface area contributed by atoms with Gasteiger partial charge in [-0.2, -0.15) is 0 Å². The molecule has 0 saturated heterocycles. The summed E-state index contributed by atoms with van der Waals surface area (Å²) in [5, 5.41) is 0. The molecule has 0 spiro atoms. The summed E-state index contributed by atoms with van der Waals surface area (Å²) in [6.07, 6.45) is 0. The molecule has 0 fully saturated rings. The van der Waals surface area contributed by atoms with Crippen LogP contribution in [0.15, 0.2) is 0 Å². The van der Waals surface area contributed by atoms with Gasteiger partial charge in [0.1, 0.15) is 0 Å². The first-order valence-electron chi connectivity index (χ1n) is 0. The van der Waals surface area contributed by atoms with Gasteiger partial charge in [0.05, 0.1) is 0 Å². The van der Waals surface area contributed by atoms with Crippen LogP contribution in [0, 0.1) is 0 Å². The second-order valence-electron chi connectivity index (χ2n) is 0. The first kappa shape index (κ1) is 153. The Morgan fingerprint density at radius 2 is 1.00 bits per heavy atom. The molecule has 0 aromatic carbocycles. The van der Waals surface area contributed by atoms with Gasteiger partial charge < -0.3 is 13.8 Å². The Morgan fingerprint density at radius 1 is 1.00 bits per heavy atom. The largest absolute Gasteiger partial charge is 4.00 e. The van der Waals surface area contributed by atoms with Gasteiger partial charge in [-0.1, -0.05) is 0 Å². The molecule has 0 unspecified atom stereocenters. The summed E-state index contributed by atoms with van der Waals surface area (Å²) in [6.45, 7) is 0. The van der Waals surface area contributed by atoms with Crippen LogP contribution in [-0.2, 0) is 11.0 Å². The molecular formula is H2BeGeO2. The summed E-state index contributed by atoms with van der Waals surface area (Å²) >= 11 is 0. The van der Waals surface area contributed by atoms with E-state index in [4.69, 9.17) is 0 Å². The molecule has 0 bridgehead atoms. The van der Waals surface area contributed by atoms with Gasteiger partial charge in [-0.05, 0) is 0 Å². The fourth-order valence-electron chi connectivity index (χ4n) is 0. The molecule has 0 aliphatic carbocycles. The minimum atomic E-state index is 0. The van der Waals surface area contributed by atoms with E-state index in [1.807, 2.05) is 0 Å². The molecule has 0 heterocycles. The van der Waals surface area contributed by atoms with Crippen molar-refractivity contribution in [1.82, 2.24) is 0 Å². The maximum atomic E-state index is 0. The number of hydrogen-bond acceptors (Lipinski definition) is 0. The van der Waals surface area contributed by atoms with E-state index in [2.05, 4.69) is 0 Å². The molecular weight excluding hydrogens is 114 g/mol. The van der Waals surface area contributed by atoms with Crippen LogP contribution in [0.5, 0.6) is 0 Å². The molecule has 0 N–H and O–H groups in total. The molecule has 0 atom stereocenters. The van der Waals surface area contributed by atoms with Gasteiger partial charge in [0, 0.05) is 0 Å². The summed E-state index contributed by atoms with van der Waals surface area (Å²) in [5.41, 5.74) is 0. The van der Waals surface area contributed by atoms with Gasteiger partial charge >= 0.3 is 27.7 Å². The molecule has 20 valence electrons. The van der Waals surface area contributed by atoms with Gasteiger partial charge in [-0.15, -0.1) is 0 Å². The Hall–Kier alpha value is 0.632. The molecule has 0 aliphatic rings. The van der Waals surface area contributed by atoms with Crippen molar-refractivity contribution in [2.24, 2.45) is 0 Å². The van der Waals surface area contributed by atoms with Crippen molar-refractivity contribution in [2.45, 2.75) is 0 Å². The summed E-state index contributed by atoms with van der Waals surface area (Å²) in [6, 6.07) is 0. The maximum Gasteiger partial charge on any atom is 4.00 e. The van der Waals surface area contributed by atoms with Crippen molar-refractivity contribution in [3.05, 3.63) is 0 Å². The van der Waals surface area contributed by atoms with Crippen molar-refractivity contribution in [2.75, 3.05) is 0 Å². The fourth-order valence-corrected chi connectivity index (χ4v) is 0. The summed E-state index contributed by atoms with van der Waals surface area (Å²) < 4.78 is 0. The third-order valence-electron chi connectivity index (χ3n) is 0. The van der Waals surface area contributed by atoms with E-state index >= 15 is 0 Å². The third-order valence-corrected chi connectivity index (χ3v) is 0. The van der Waals surface area contributed by atoms with Gasteiger partial charge in [0.25, 0.3) is 0 Å². The second-order valence-corrected chi connectivity index (χ2v) is 0. The number of rotatable bonds is 0. The molecule has 0 amide bonds. The van der Waals surface area contributed by atoms with E-state index in [1.165, 1.54) is 0 Å². The predicted octanol–water partition coefficient (Wildman–Crippen LogP) is -0.774. The fraction of sp³-hybridized carbons (Fsp3) is 0. The average Bonchev–Trinajstić information content (AvgIpc) is 0. The van der Waals surface area contributed by atoms with Crippen LogP contribution in [0.4, 0.5) is 0 Å². The van der Waals surface area contributed by atoms with Crippen LogP contribution >= 0.6 is 0 Å². The quantitative estimate of drug-likeness (QED) is 0.372. The number of hydrogen-bond donors (Lipinski definition) is 0. The van der Waals surface area contributed by atoms with E-state index in [0.29, 0.717) is 0 Å². The molecule has 0 rings (SSSR count). The van der Waals surface area contributed by atoms with Crippen LogP contribution in [0.3, 0.4) is 0 Å². The van der Waals surface area contributed by atoms with Crippen LogP contribution in [0.1, 0.15) is 2.85 Å². The Labute approximate surface area is 42.4 Å². The zero-order valence-corrected chi connectivity index (χ0v) is 4.12. The van der Waals surface area contributed by atoms with E-state index in [1.54, 1.807) is 0 Å². The van der Waals surface area contributed by atoms with Crippen molar-refractivity contribution >= 4 is 27.7 Å². The van der Waals surface area contributed by atoms with Crippen molar-refractivity contribution in [3.63, 3.8) is 0 Å². The topological polar surface area (TPSA) is 57.0 Å². The maximum absolute atomic E-state index is 0. The standard InChI is InChI=1S/Be.Ge.2O.2H/q+2;+4;2*-2;2*-1. The van der Waals surface area contributed by atoms with E-state index in [0.717, 1.165) is 0 Å². The van der Waals surface area contributed by atoms with Gasteiger partial charge in [0.2, 0.25) is 0 Å². The normalized spacial score (nSPS) is 0. The minimum absolute atomic E-state index is 0. The SMILES string of the molecule is [Be+2].[Ge+4].[H-].[H-].[O-2].[O-2]. The van der Waals surface area contributed by atoms with Crippen LogP contribution in [0.2, 0.25) is 0 Å². The molecule has 0 saturated carbocycles. The smallest absolute Gasteiger partial charge is 2.00 e. The average molecular weight is 116 g/mol. The Balaban J connectivity index is 0. The second kappa shape index (κ2) is 63.0. The van der Waals surface area contributed by atoms with E-state index < -0.39 is 0 Å². The Kier molecular flexibility index (Phi) is 2410. The molecule has 0 aromatic rings. The van der Waals surface area contributed by atoms with Crippen LogP contribution in [-0.4, -0.2) is 27.7 Å². The minimum Gasteiger partial charge on any atom is -2.00 e. The first-order chi connectivity index (χ1) is 0. The van der Waals surface area contributed by atoms with Crippen molar-refractivity contribution in [3.8, 4) is 0 Å². The summed E-state index contributed by atoms with van der Waals surface area (Å²) in [5.74, 6) is 0. The van der Waals surface area contributed by atoms with Crippen molar-refractivity contribution in [1.29, 1.82) is 0 Å². The van der Waals surface area contributed by atoms with Gasteiger partial charge in [-0.25, -0.2) is 0 Å². The van der Waals surface area contributed by atoms with Gasteiger partial charge in [-0.3, -0.25) is 0 Å². The Bertz CT molecular complexity index is 11.5. The van der Waals surface area contributed by atoms with Crippen molar-refractivity contribution < 1.29 is 13.8 Å². The molecule has 2 nitrogen and oxygen atoms in total. The zero-order chi connectivity index (χ0) is 0. The van der Waals surface area contributed by atoms with E-state index in [-0.39, 0.29) is 41.5 Å². The van der Waals surface area contributed by atoms with Gasteiger partial charge in [0.15, 0.2) is 0 Å². The monoisotopic (exact) mass is 117 g/mol. The molecule has 0 aromatic heterocycles. The third kappa shape index (κ3) is 17.6. The molecule has 4 heavy (non-hydrogen) atoms. The van der Waals surface area contributed by atoms with Crippen LogP contribution in [0.25, 0.3) is 0 Å². The summed E-state index contributed by atoms with van der Waals surface area (Å²) in [7, 11) is 0. The Morgan fingerprint density at radius 3 is 1.00 bits per heavy atom. The van der Waals surface area contributed by atoms with Crippen LogP contribution < -0.4 is 0 Å². The summed E-state index contributed by atoms with van der Waals surface area (Å²) in [4.78, 5) is 0. The first-order valence-corrected chi connectivity index (χ1v) is 0. The molecule has 0 aliphatic heterocycles.